The molecular weight excluding hydrogens is 308 g/mol. The maximum atomic E-state index is 11.7. The van der Waals surface area contributed by atoms with Gasteiger partial charge in [0.15, 0.2) is 0 Å². The SMILES string of the molecule is NCCOC(=O)c1ccc(-c2ccc(C(=O)OCCN)cc2)cc1. The number of nitrogens with two attached hydrogens (primary N) is 2. The van der Waals surface area contributed by atoms with Crippen molar-refractivity contribution in [2.24, 2.45) is 11.5 Å². The summed E-state index contributed by atoms with van der Waals surface area (Å²) in [7, 11) is 0. The Morgan fingerprint density at radius 1 is 0.667 bits per heavy atom. The predicted molar refractivity (Wildman–Crippen MR) is 90.6 cm³/mol. The molecule has 0 aromatic heterocycles. The van der Waals surface area contributed by atoms with E-state index in [4.69, 9.17) is 20.9 Å². The molecule has 0 bridgehead atoms. The smallest absolute Gasteiger partial charge is 0.338 e. The fraction of sp³-hybridized carbons (Fsp3) is 0.222. The van der Waals surface area contributed by atoms with Crippen molar-refractivity contribution < 1.29 is 19.1 Å². The molecule has 0 amide bonds. The number of benzene rings is 2. The average molecular weight is 328 g/mol. The van der Waals surface area contributed by atoms with Gasteiger partial charge in [-0.2, -0.15) is 0 Å². The molecule has 0 unspecified atom stereocenters. The van der Waals surface area contributed by atoms with Crippen LogP contribution in [0.1, 0.15) is 20.7 Å². The van der Waals surface area contributed by atoms with Gasteiger partial charge in [-0.05, 0) is 35.4 Å². The molecule has 2 aromatic rings. The molecule has 2 rings (SSSR count). The Kier molecular flexibility index (Phi) is 6.48. The van der Waals surface area contributed by atoms with E-state index < -0.39 is 11.9 Å². The van der Waals surface area contributed by atoms with Crippen LogP contribution in [0.15, 0.2) is 48.5 Å². The number of esters is 2. The summed E-state index contributed by atoms with van der Waals surface area (Å²) in [6.45, 7) is 0.985. The minimum atomic E-state index is -0.398. The van der Waals surface area contributed by atoms with Crippen molar-refractivity contribution >= 4 is 11.9 Å². The molecule has 24 heavy (non-hydrogen) atoms. The van der Waals surface area contributed by atoms with E-state index in [1.165, 1.54) is 0 Å². The quantitative estimate of drug-likeness (QED) is 0.748. The van der Waals surface area contributed by atoms with Gasteiger partial charge in [-0.1, -0.05) is 24.3 Å². The zero-order valence-corrected chi connectivity index (χ0v) is 13.2. The highest BCUT2D eigenvalue weighted by molar-refractivity contribution is 5.91. The van der Waals surface area contributed by atoms with Crippen LogP contribution in [0, 0.1) is 0 Å². The summed E-state index contributed by atoms with van der Waals surface area (Å²) in [5.74, 6) is -0.796. The molecule has 0 fully saturated rings. The molecule has 2 aromatic carbocycles. The maximum Gasteiger partial charge on any atom is 0.338 e. The van der Waals surface area contributed by atoms with Crippen molar-refractivity contribution in [3.8, 4) is 11.1 Å². The van der Waals surface area contributed by atoms with E-state index in [0.717, 1.165) is 11.1 Å². The van der Waals surface area contributed by atoms with E-state index in [2.05, 4.69) is 0 Å². The summed E-state index contributed by atoms with van der Waals surface area (Å²) in [4.78, 5) is 23.4. The Morgan fingerprint density at radius 3 is 1.29 bits per heavy atom. The molecule has 0 spiro atoms. The normalized spacial score (nSPS) is 10.2. The first-order valence-electron chi connectivity index (χ1n) is 7.60. The van der Waals surface area contributed by atoms with Crippen molar-refractivity contribution in [2.45, 2.75) is 0 Å². The molecule has 4 N–H and O–H groups in total. The Hall–Kier alpha value is -2.70. The number of carbonyl (C=O) groups is 2. The van der Waals surface area contributed by atoms with Crippen molar-refractivity contribution in [3.63, 3.8) is 0 Å². The lowest BCUT2D eigenvalue weighted by Gasteiger charge is -2.07. The van der Waals surface area contributed by atoms with Crippen molar-refractivity contribution in [2.75, 3.05) is 26.3 Å². The number of hydrogen-bond donors (Lipinski definition) is 2. The predicted octanol–water partition coefficient (Wildman–Crippen LogP) is 1.58. The Balaban J connectivity index is 2.06. The first-order chi connectivity index (χ1) is 11.7. The van der Waals surface area contributed by atoms with Gasteiger partial charge in [0.05, 0.1) is 11.1 Å². The van der Waals surface area contributed by atoms with Gasteiger partial charge in [0.1, 0.15) is 13.2 Å². The van der Waals surface area contributed by atoms with Crippen LogP contribution in [-0.2, 0) is 9.47 Å². The lowest BCUT2D eigenvalue weighted by atomic mass is 10.0. The summed E-state index contributed by atoms with van der Waals surface area (Å²) < 4.78 is 9.95. The van der Waals surface area contributed by atoms with Crippen LogP contribution < -0.4 is 11.5 Å². The van der Waals surface area contributed by atoms with Gasteiger partial charge >= 0.3 is 11.9 Å². The second-order valence-electron chi connectivity index (χ2n) is 5.00. The minimum absolute atomic E-state index is 0.197. The van der Waals surface area contributed by atoms with Crippen LogP contribution in [-0.4, -0.2) is 38.2 Å². The summed E-state index contributed by atoms with van der Waals surface area (Å²) in [5.41, 5.74) is 13.4. The zero-order valence-electron chi connectivity index (χ0n) is 13.2. The molecule has 0 aliphatic heterocycles. The molecule has 0 atom stereocenters. The molecule has 126 valence electrons. The van der Waals surface area contributed by atoms with Crippen LogP contribution in [0.4, 0.5) is 0 Å². The Bertz CT molecular complexity index is 620. The van der Waals surface area contributed by atoms with Gasteiger partial charge < -0.3 is 20.9 Å². The molecule has 0 aliphatic carbocycles. The summed E-state index contributed by atoms with van der Waals surface area (Å²) in [5, 5.41) is 0. The molecule has 0 radical (unpaired) electrons. The molecule has 0 aliphatic rings. The lowest BCUT2D eigenvalue weighted by molar-refractivity contribution is 0.0507. The standard InChI is InChI=1S/C18H20N2O4/c19-9-11-23-17(21)15-5-1-13(2-6-15)14-3-7-16(8-4-14)18(22)24-12-10-20/h1-8H,9-12,19-20H2. The minimum Gasteiger partial charge on any atom is -0.461 e. The second-order valence-corrected chi connectivity index (χ2v) is 5.00. The Morgan fingerprint density at radius 2 is 1.00 bits per heavy atom. The summed E-state index contributed by atoms with van der Waals surface area (Å²) in [6, 6.07) is 14.0. The molecule has 0 saturated carbocycles. The van der Waals surface area contributed by atoms with Gasteiger partial charge in [0.2, 0.25) is 0 Å². The lowest BCUT2D eigenvalue weighted by Crippen LogP contribution is -2.13. The number of hydrogen-bond acceptors (Lipinski definition) is 6. The third-order valence-electron chi connectivity index (χ3n) is 3.28. The fourth-order valence-electron chi connectivity index (χ4n) is 2.07. The van der Waals surface area contributed by atoms with Crippen molar-refractivity contribution in [3.05, 3.63) is 59.7 Å². The highest BCUT2D eigenvalue weighted by Crippen LogP contribution is 2.21. The summed E-state index contributed by atoms with van der Waals surface area (Å²) >= 11 is 0. The monoisotopic (exact) mass is 328 g/mol. The van der Waals surface area contributed by atoms with E-state index in [1.807, 2.05) is 24.3 Å². The third-order valence-corrected chi connectivity index (χ3v) is 3.28. The van der Waals surface area contributed by atoms with Gasteiger partial charge in [0.25, 0.3) is 0 Å². The van der Waals surface area contributed by atoms with Gasteiger partial charge in [-0.25, -0.2) is 9.59 Å². The first kappa shape index (κ1) is 17.7. The first-order valence-corrected chi connectivity index (χ1v) is 7.60. The van der Waals surface area contributed by atoms with Crippen LogP contribution in [0.2, 0.25) is 0 Å². The van der Waals surface area contributed by atoms with Crippen LogP contribution in [0.25, 0.3) is 11.1 Å². The van der Waals surface area contributed by atoms with Gasteiger partial charge in [-0.3, -0.25) is 0 Å². The molecule has 0 heterocycles. The number of carbonyl (C=O) groups excluding carboxylic acids is 2. The van der Waals surface area contributed by atoms with Crippen LogP contribution in [0.3, 0.4) is 0 Å². The highest BCUT2D eigenvalue weighted by Gasteiger charge is 2.09. The average Bonchev–Trinajstić information content (AvgIpc) is 2.64. The molecule has 0 saturated heterocycles. The third kappa shape index (κ3) is 4.65. The van der Waals surface area contributed by atoms with E-state index in [-0.39, 0.29) is 13.2 Å². The van der Waals surface area contributed by atoms with Gasteiger partial charge in [0, 0.05) is 13.1 Å². The largest absolute Gasteiger partial charge is 0.461 e. The van der Waals surface area contributed by atoms with Gasteiger partial charge in [-0.15, -0.1) is 0 Å². The van der Waals surface area contributed by atoms with Crippen molar-refractivity contribution in [1.82, 2.24) is 0 Å². The summed E-state index contributed by atoms with van der Waals surface area (Å²) in [6.07, 6.45) is 0. The van der Waals surface area contributed by atoms with E-state index in [0.29, 0.717) is 24.2 Å². The Labute approximate surface area is 140 Å². The maximum absolute atomic E-state index is 11.7. The zero-order chi connectivity index (χ0) is 17.4. The van der Waals surface area contributed by atoms with E-state index in [1.54, 1.807) is 24.3 Å². The number of ether oxygens (including phenoxy) is 2. The topological polar surface area (TPSA) is 105 Å². The van der Waals surface area contributed by atoms with E-state index in [9.17, 15) is 9.59 Å². The van der Waals surface area contributed by atoms with Crippen LogP contribution in [0.5, 0.6) is 0 Å². The number of rotatable bonds is 7. The highest BCUT2D eigenvalue weighted by atomic mass is 16.5. The van der Waals surface area contributed by atoms with Crippen LogP contribution >= 0.6 is 0 Å². The molecule has 6 heteroatoms. The second kappa shape index (κ2) is 8.81. The fourth-order valence-corrected chi connectivity index (χ4v) is 2.07. The van der Waals surface area contributed by atoms with Crippen molar-refractivity contribution in [1.29, 1.82) is 0 Å². The molecule has 6 nitrogen and oxygen atoms in total. The molecular formula is C18H20N2O4. The van der Waals surface area contributed by atoms with E-state index >= 15 is 0 Å².